The van der Waals surface area contributed by atoms with Crippen LogP contribution in [-0.4, -0.2) is 67.7 Å². The molecule has 2 amide bonds. The molecule has 3 heterocycles. The first-order valence-corrected chi connectivity index (χ1v) is 13.0. The molecule has 10 heteroatoms. The molecule has 0 spiro atoms. The van der Waals surface area contributed by atoms with Crippen molar-refractivity contribution in [2.45, 2.75) is 51.5 Å². The number of nitrogens with zero attached hydrogens (tertiary/aromatic N) is 2. The second-order valence-corrected chi connectivity index (χ2v) is 10.6. The number of carbonyl (C=O) groups is 2. The third kappa shape index (κ3) is 4.85. The van der Waals surface area contributed by atoms with E-state index in [0.29, 0.717) is 62.5 Å². The molecule has 0 bridgehead atoms. The van der Waals surface area contributed by atoms with Crippen LogP contribution < -0.4 is 14.8 Å². The molecule has 4 rings (SSSR count). The van der Waals surface area contributed by atoms with Gasteiger partial charge in [0, 0.05) is 37.3 Å². The maximum absolute atomic E-state index is 13.2. The average molecular weight is 466 g/mol. The van der Waals surface area contributed by atoms with Crippen molar-refractivity contribution in [3.8, 4) is 11.5 Å². The van der Waals surface area contributed by atoms with Crippen LogP contribution in [0.25, 0.3) is 0 Å². The number of benzene rings is 1. The minimum absolute atomic E-state index is 0.0683. The van der Waals surface area contributed by atoms with Gasteiger partial charge in [0.05, 0.1) is 5.75 Å². The van der Waals surface area contributed by atoms with E-state index in [1.807, 2.05) is 6.92 Å². The predicted molar refractivity (Wildman–Crippen MR) is 119 cm³/mol. The van der Waals surface area contributed by atoms with Crippen LogP contribution in [-0.2, 0) is 19.6 Å². The lowest BCUT2D eigenvalue weighted by atomic mass is 9.94. The normalized spacial score (nSPS) is 22.0. The summed E-state index contributed by atoms with van der Waals surface area (Å²) in [6.45, 7) is 3.33. The molecule has 1 aromatic carbocycles. The Morgan fingerprint density at radius 1 is 1.06 bits per heavy atom. The summed E-state index contributed by atoms with van der Waals surface area (Å²) in [5.41, 5.74) is 0.650. The number of likely N-dealkylation sites (tertiary alicyclic amines) is 1. The number of piperidine rings is 2. The average Bonchev–Trinajstić information content (AvgIpc) is 3.26. The summed E-state index contributed by atoms with van der Waals surface area (Å²) in [6, 6.07) is 4.67. The van der Waals surface area contributed by atoms with E-state index in [-0.39, 0.29) is 30.3 Å². The fourth-order valence-corrected chi connectivity index (χ4v) is 6.39. The fraction of sp³-hybridized carbons (Fsp3) is 0.636. The van der Waals surface area contributed by atoms with Crippen LogP contribution in [0.15, 0.2) is 18.2 Å². The minimum atomic E-state index is -3.43. The number of anilines is 1. The van der Waals surface area contributed by atoms with Crippen molar-refractivity contribution in [1.29, 1.82) is 0 Å². The standard InChI is InChI=1S/C22H31N3O6S/c1-2-13-32(28,29)25-10-4-3-5-18(25)22(27)24-11-8-16(9-12-24)21(26)23-17-6-7-19-20(14-17)31-15-30-19/h6-7,14,16,18H,2-5,8-13,15H2,1H3,(H,23,26). The van der Waals surface area contributed by atoms with E-state index in [1.165, 1.54) is 4.31 Å². The first-order chi connectivity index (χ1) is 15.4. The molecule has 2 saturated heterocycles. The Labute approximate surface area is 189 Å². The molecule has 1 N–H and O–H groups in total. The molecule has 1 atom stereocenters. The van der Waals surface area contributed by atoms with E-state index in [0.717, 1.165) is 12.8 Å². The Morgan fingerprint density at radius 2 is 1.81 bits per heavy atom. The molecule has 2 fully saturated rings. The molecule has 0 aromatic heterocycles. The maximum Gasteiger partial charge on any atom is 0.241 e. The monoisotopic (exact) mass is 465 g/mol. The number of sulfonamides is 1. The molecular weight excluding hydrogens is 434 g/mol. The van der Waals surface area contributed by atoms with Gasteiger partial charge in [0.2, 0.25) is 28.6 Å². The number of carbonyl (C=O) groups excluding carboxylic acids is 2. The van der Waals surface area contributed by atoms with Crippen molar-refractivity contribution in [2.24, 2.45) is 5.92 Å². The SMILES string of the molecule is CCCS(=O)(=O)N1CCCCC1C(=O)N1CCC(C(=O)Nc2ccc3c(c2)OCO3)CC1. The van der Waals surface area contributed by atoms with Crippen LogP contribution in [0.2, 0.25) is 0 Å². The Balaban J connectivity index is 1.33. The number of amides is 2. The molecule has 1 unspecified atom stereocenters. The second kappa shape index (κ2) is 9.66. The second-order valence-electron chi connectivity index (χ2n) is 8.60. The largest absolute Gasteiger partial charge is 0.454 e. The van der Waals surface area contributed by atoms with E-state index >= 15 is 0 Å². The zero-order valence-electron chi connectivity index (χ0n) is 18.4. The first-order valence-electron chi connectivity index (χ1n) is 11.4. The summed E-state index contributed by atoms with van der Waals surface area (Å²) < 4.78 is 37.4. The molecule has 9 nitrogen and oxygen atoms in total. The molecule has 32 heavy (non-hydrogen) atoms. The topological polar surface area (TPSA) is 105 Å². The molecule has 1 aromatic rings. The van der Waals surface area contributed by atoms with E-state index in [9.17, 15) is 18.0 Å². The minimum Gasteiger partial charge on any atom is -0.454 e. The van der Waals surface area contributed by atoms with Gasteiger partial charge in [-0.3, -0.25) is 9.59 Å². The number of nitrogens with one attached hydrogen (secondary N) is 1. The van der Waals surface area contributed by atoms with Gasteiger partial charge in [-0.25, -0.2) is 8.42 Å². The molecule has 3 aliphatic heterocycles. The highest BCUT2D eigenvalue weighted by Gasteiger charge is 2.39. The van der Waals surface area contributed by atoms with E-state index < -0.39 is 16.1 Å². The Bertz CT molecular complexity index is 958. The van der Waals surface area contributed by atoms with Crippen LogP contribution in [0, 0.1) is 5.92 Å². The number of ether oxygens (including phenoxy) is 2. The highest BCUT2D eigenvalue weighted by molar-refractivity contribution is 7.89. The van der Waals surface area contributed by atoms with Gasteiger partial charge in [-0.05, 0) is 44.2 Å². The molecule has 3 aliphatic rings. The maximum atomic E-state index is 13.2. The van der Waals surface area contributed by atoms with Gasteiger partial charge in [-0.15, -0.1) is 0 Å². The summed E-state index contributed by atoms with van der Waals surface area (Å²) in [5, 5.41) is 2.92. The molecule has 0 aliphatic carbocycles. The quantitative estimate of drug-likeness (QED) is 0.691. The van der Waals surface area contributed by atoms with Crippen LogP contribution in [0.3, 0.4) is 0 Å². The van der Waals surface area contributed by atoms with Gasteiger partial charge in [0.1, 0.15) is 6.04 Å². The number of hydrogen-bond donors (Lipinski definition) is 1. The third-order valence-electron chi connectivity index (χ3n) is 6.38. The Morgan fingerprint density at radius 3 is 2.56 bits per heavy atom. The summed E-state index contributed by atoms with van der Waals surface area (Å²) in [6.07, 6.45) is 3.83. The third-order valence-corrected chi connectivity index (χ3v) is 8.45. The van der Waals surface area contributed by atoms with Crippen molar-refractivity contribution in [3.05, 3.63) is 18.2 Å². The lowest BCUT2D eigenvalue weighted by Gasteiger charge is -2.39. The molecule has 0 saturated carbocycles. The van der Waals surface area contributed by atoms with Gasteiger partial charge in [0.25, 0.3) is 0 Å². The predicted octanol–water partition coefficient (Wildman–Crippen LogP) is 2.19. The van der Waals surface area contributed by atoms with E-state index in [2.05, 4.69) is 5.32 Å². The molecule has 0 radical (unpaired) electrons. The van der Waals surface area contributed by atoms with Gasteiger partial charge >= 0.3 is 0 Å². The zero-order chi connectivity index (χ0) is 22.7. The van der Waals surface area contributed by atoms with Crippen molar-refractivity contribution in [2.75, 3.05) is 37.5 Å². The fourth-order valence-electron chi connectivity index (χ4n) is 4.65. The van der Waals surface area contributed by atoms with Crippen LogP contribution in [0.4, 0.5) is 5.69 Å². The van der Waals surface area contributed by atoms with Gasteiger partial charge in [0.15, 0.2) is 11.5 Å². The Hall–Kier alpha value is -2.33. The van der Waals surface area contributed by atoms with Crippen LogP contribution >= 0.6 is 0 Å². The number of rotatable bonds is 6. The Kier molecular flexibility index (Phi) is 6.90. The van der Waals surface area contributed by atoms with E-state index in [4.69, 9.17) is 9.47 Å². The number of fused-ring (bicyclic) bond motifs is 1. The summed E-state index contributed by atoms with van der Waals surface area (Å²) in [4.78, 5) is 27.6. The van der Waals surface area contributed by atoms with Crippen molar-refractivity contribution in [3.63, 3.8) is 0 Å². The summed E-state index contributed by atoms with van der Waals surface area (Å²) in [5.74, 6) is 0.931. The highest BCUT2D eigenvalue weighted by atomic mass is 32.2. The van der Waals surface area contributed by atoms with Gasteiger partial charge in [-0.1, -0.05) is 13.3 Å². The lowest BCUT2D eigenvalue weighted by Crippen LogP contribution is -2.55. The lowest BCUT2D eigenvalue weighted by molar-refractivity contribution is -0.139. The summed E-state index contributed by atoms with van der Waals surface area (Å²) in [7, 11) is -3.43. The summed E-state index contributed by atoms with van der Waals surface area (Å²) >= 11 is 0. The first kappa shape index (κ1) is 22.8. The molecular formula is C22H31N3O6S. The van der Waals surface area contributed by atoms with Crippen LogP contribution in [0.1, 0.15) is 45.4 Å². The smallest absolute Gasteiger partial charge is 0.241 e. The number of hydrogen-bond acceptors (Lipinski definition) is 6. The van der Waals surface area contributed by atoms with Crippen molar-refractivity contribution in [1.82, 2.24) is 9.21 Å². The van der Waals surface area contributed by atoms with Gasteiger partial charge < -0.3 is 19.7 Å². The zero-order valence-corrected chi connectivity index (χ0v) is 19.2. The van der Waals surface area contributed by atoms with Crippen LogP contribution in [0.5, 0.6) is 11.5 Å². The highest BCUT2D eigenvalue weighted by Crippen LogP contribution is 2.34. The van der Waals surface area contributed by atoms with Crippen molar-refractivity contribution >= 4 is 27.5 Å². The molecule has 176 valence electrons. The van der Waals surface area contributed by atoms with E-state index in [1.54, 1.807) is 23.1 Å². The van der Waals surface area contributed by atoms with Crippen molar-refractivity contribution < 1.29 is 27.5 Å². The van der Waals surface area contributed by atoms with Gasteiger partial charge in [-0.2, -0.15) is 4.31 Å².